The standard InChI is InChI=1S/C18H35N3O2/c1-12-9-8-10-15(13(12)2)19-17(23)14(3)21(7)11-16(22)20-18(4,5)6/h12-15H,8-11H2,1-7H3,(H,19,23)(H,20,22)/t12-,13+,14+,15-/m0/s1. The number of carbonyl (C=O) groups excluding carboxylic acids is 2. The van der Waals surface area contributed by atoms with Gasteiger partial charge in [-0.05, 0) is 53.0 Å². The van der Waals surface area contributed by atoms with Crippen molar-refractivity contribution in [2.45, 2.75) is 78.4 Å². The molecule has 0 aromatic heterocycles. The lowest BCUT2D eigenvalue weighted by atomic mass is 9.78. The molecule has 1 saturated carbocycles. The number of carbonyl (C=O) groups is 2. The molecule has 0 bridgehead atoms. The van der Waals surface area contributed by atoms with Gasteiger partial charge in [0.1, 0.15) is 0 Å². The Hall–Kier alpha value is -1.10. The van der Waals surface area contributed by atoms with Crippen molar-refractivity contribution in [3.05, 3.63) is 0 Å². The van der Waals surface area contributed by atoms with Crippen molar-refractivity contribution in [1.82, 2.24) is 15.5 Å². The van der Waals surface area contributed by atoms with Crippen LogP contribution < -0.4 is 10.6 Å². The van der Waals surface area contributed by atoms with Crippen molar-refractivity contribution in [3.8, 4) is 0 Å². The highest BCUT2D eigenvalue weighted by molar-refractivity contribution is 5.83. The first kappa shape index (κ1) is 19.9. The molecule has 0 unspecified atom stereocenters. The van der Waals surface area contributed by atoms with Crippen LogP contribution in [0.4, 0.5) is 0 Å². The van der Waals surface area contributed by atoms with E-state index in [0.29, 0.717) is 11.8 Å². The number of likely N-dealkylation sites (N-methyl/N-ethyl adjacent to an activating group) is 1. The minimum absolute atomic E-state index is 0.0157. The molecule has 0 spiro atoms. The highest BCUT2D eigenvalue weighted by Gasteiger charge is 2.30. The van der Waals surface area contributed by atoms with Crippen molar-refractivity contribution in [1.29, 1.82) is 0 Å². The number of hydrogen-bond donors (Lipinski definition) is 2. The Morgan fingerprint density at radius 1 is 1.22 bits per heavy atom. The maximum absolute atomic E-state index is 12.5. The first-order valence-electron chi connectivity index (χ1n) is 8.83. The van der Waals surface area contributed by atoms with Crippen molar-refractivity contribution in [3.63, 3.8) is 0 Å². The van der Waals surface area contributed by atoms with Gasteiger partial charge in [0.05, 0.1) is 12.6 Å². The first-order valence-corrected chi connectivity index (χ1v) is 8.83. The van der Waals surface area contributed by atoms with Crippen LogP contribution >= 0.6 is 0 Å². The molecule has 5 heteroatoms. The molecule has 0 aromatic rings. The van der Waals surface area contributed by atoms with Crippen LogP contribution in [0.2, 0.25) is 0 Å². The zero-order valence-corrected chi connectivity index (χ0v) is 15.9. The Labute approximate surface area is 141 Å². The fraction of sp³-hybridized carbons (Fsp3) is 0.889. The van der Waals surface area contributed by atoms with Crippen molar-refractivity contribution >= 4 is 11.8 Å². The maximum atomic E-state index is 12.5. The molecular formula is C18H35N3O2. The lowest BCUT2D eigenvalue weighted by molar-refractivity contribution is -0.129. The first-order chi connectivity index (χ1) is 10.5. The molecule has 134 valence electrons. The largest absolute Gasteiger partial charge is 0.352 e. The number of nitrogens with one attached hydrogen (secondary N) is 2. The second-order valence-electron chi connectivity index (χ2n) is 8.27. The van der Waals surface area contributed by atoms with E-state index >= 15 is 0 Å². The zero-order chi connectivity index (χ0) is 17.8. The lowest BCUT2D eigenvalue weighted by Gasteiger charge is -2.36. The van der Waals surface area contributed by atoms with E-state index in [0.717, 1.165) is 6.42 Å². The van der Waals surface area contributed by atoms with E-state index < -0.39 is 0 Å². The Bertz CT molecular complexity index is 417. The summed E-state index contributed by atoms with van der Waals surface area (Å²) in [5.41, 5.74) is -0.253. The topological polar surface area (TPSA) is 61.4 Å². The highest BCUT2D eigenvalue weighted by Crippen LogP contribution is 2.29. The predicted molar refractivity (Wildman–Crippen MR) is 94.1 cm³/mol. The third-order valence-corrected chi connectivity index (χ3v) is 4.98. The minimum atomic E-state index is -0.315. The minimum Gasteiger partial charge on any atom is -0.352 e. The van der Waals surface area contributed by atoms with Gasteiger partial charge in [0, 0.05) is 11.6 Å². The lowest BCUT2D eigenvalue weighted by Crippen LogP contribution is -2.53. The van der Waals surface area contributed by atoms with E-state index in [2.05, 4.69) is 24.5 Å². The summed E-state index contributed by atoms with van der Waals surface area (Å²) >= 11 is 0. The monoisotopic (exact) mass is 325 g/mol. The van der Waals surface area contributed by atoms with E-state index in [4.69, 9.17) is 0 Å². The second-order valence-corrected chi connectivity index (χ2v) is 8.27. The van der Waals surface area contributed by atoms with Gasteiger partial charge in [0.15, 0.2) is 0 Å². The van der Waals surface area contributed by atoms with Gasteiger partial charge < -0.3 is 10.6 Å². The summed E-state index contributed by atoms with van der Waals surface area (Å²) in [5, 5.41) is 6.11. The summed E-state index contributed by atoms with van der Waals surface area (Å²) in [6.07, 6.45) is 3.48. The summed E-state index contributed by atoms with van der Waals surface area (Å²) in [4.78, 5) is 26.3. The second kappa shape index (κ2) is 8.13. The molecule has 5 nitrogen and oxygen atoms in total. The predicted octanol–water partition coefficient (Wildman–Crippen LogP) is 2.16. The van der Waals surface area contributed by atoms with Gasteiger partial charge in [-0.15, -0.1) is 0 Å². The SMILES string of the molecule is C[C@H]1[C@@H](NC(=O)[C@@H](C)N(C)CC(=O)NC(C)(C)C)CCC[C@@H]1C. The number of rotatable bonds is 5. The molecule has 0 radical (unpaired) electrons. The zero-order valence-electron chi connectivity index (χ0n) is 15.9. The molecule has 1 rings (SSSR count). The van der Waals surface area contributed by atoms with Crippen LogP contribution in [-0.4, -0.2) is 47.9 Å². The fourth-order valence-corrected chi connectivity index (χ4v) is 3.11. The van der Waals surface area contributed by atoms with Gasteiger partial charge in [0.2, 0.25) is 11.8 Å². The van der Waals surface area contributed by atoms with E-state index in [1.54, 1.807) is 4.90 Å². The smallest absolute Gasteiger partial charge is 0.237 e. The fourth-order valence-electron chi connectivity index (χ4n) is 3.11. The molecule has 23 heavy (non-hydrogen) atoms. The molecule has 1 aliphatic rings. The molecule has 1 aliphatic carbocycles. The number of amides is 2. The van der Waals surface area contributed by atoms with Crippen LogP contribution in [0, 0.1) is 11.8 Å². The van der Waals surface area contributed by atoms with E-state index in [1.807, 2.05) is 34.7 Å². The van der Waals surface area contributed by atoms with Gasteiger partial charge in [-0.25, -0.2) is 0 Å². The van der Waals surface area contributed by atoms with Crippen molar-refractivity contribution in [2.24, 2.45) is 11.8 Å². The Balaban J connectivity index is 2.50. The van der Waals surface area contributed by atoms with Gasteiger partial charge in [-0.1, -0.05) is 26.7 Å². The Kier molecular flexibility index (Phi) is 7.05. The summed E-state index contributed by atoms with van der Waals surface area (Å²) < 4.78 is 0. The van der Waals surface area contributed by atoms with Gasteiger partial charge >= 0.3 is 0 Å². The third kappa shape index (κ3) is 6.50. The molecule has 4 atom stereocenters. The number of nitrogens with zero attached hydrogens (tertiary/aromatic N) is 1. The Morgan fingerprint density at radius 3 is 2.39 bits per heavy atom. The molecule has 0 heterocycles. The molecule has 0 saturated heterocycles. The summed E-state index contributed by atoms with van der Waals surface area (Å²) in [7, 11) is 1.82. The van der Waals surface area contributed by atoms with Crippen LogP contribution in [0.25, 0.3) is 0 Å². The molecule has 1 fully saturated rings. The van der Waals surface area contributed by atoms with Crippen LogP contribution in [-0.2, 0) is 9.59 Å². The summed E-state index contributed by atoms with van der Waals surface area (Å²) in [5.74, 6) is 1.12. The maximum Gasteiger partial charge on any atom is 0.237 e. The normalized spacial score (nSPS) is 26.7. The van der Waals surface area contributed by atoms with E-state index in [-0.39, 0.29) is 36.0 Å². The van der Waals surface area contributed by atoms with Gasteiger partial charge in [0.25, 0.3) is 0 Å². The van der Waals surface area contributed by atoms with Crippen LogP contribution in [0.3, 0.4) is 0 Å². The van der Waals surface area contributed by atoms with E-state index in [1.165, 1.54) is 12.8 Å². The average Bonchev–Trinajstić information content (AvgIpc) is 2.40. The van der Waals surface area contributed by atoms with Crippen molar-refractivity contribution < 1.29 is 9.59 Å². The highest BCUT2D eigenvalue weighted by atomic mass is 16.2. The molecule has 0 aliphatic heterocycles. The molecule has 2 amide bonds. The Morgan fingerprint density at radius 2 is 1.83 bits per heavy atom. The summed E-state index contributed by atoms with van der Waals surface area (Å²) in [6.45, 7) is 12.4. The molecular weight excluding hydrogens is 290 g/mol. The van der Waals surface area contributed by atoms with Crippen LogP contribution in [0.5, 0.6) is 0 Å². The van der Waals surface area contributed by atoms with E-state index in [9.17, 15) is 9.59 Å². The quantitative estimate of drug-likeness (QED) is 0.814. The van der Waals surface area contributed by atoms with Crippen molar-refractivity contribution in [2.75, 3.05) is 13.6 Å². The number of hydrogen-bond acceptors (Lipinski definition) is 3. The molecule has 0 aromatic carbocycles. The van der Waals surface area contributed by atoms with Gasteiger partial charge in [-0.3, -0.25) is 14.5 Å². The van der Waals surface area contributed by atoms with Gasteiger partial charge in [-0.2, -0.15) is 0 Å². The average molecular weight is 325 g/mol. The van der Waals surface area contributed by atoms with Crippen LogP contribution in [0.1, 0.15) is 60.8 Å². The summed E-state index contributed by atoms with van der Waals surface area (Å²) in [6, 6.07) is -0.0596. The van der Waals surface area contributed by atoms with Crippen LogP contribution in [0.15, 0.2) is 0 Å². The third-order valence-electron chi connectivity index (χ3n) is 4.98. The molecule has 2 N–H and O–H groups in total.